The van der Waals surface area contributed by atoms with Gasteiger partial charge in [-0.2, -0.15) is 0 Å². The number of halogens is 3. The highest BCUT2D eigenvalue weighted by Gasteiger charge is 2.20. The fourth-order valence-corrected chi connectivity index (χ4v) is 3.87. The Bertz CT molecular complexity index is 343. The zero-order valence-electron chi connectivity index (χ0n) is 8.35. The number of aliphatic hydroxyl groups is 1. The van der Waals surface area contributed by atoms with Gasteiger partial charge >= 0.3 is 0 Å². The van der Waals surface area contributed by atoms with Gasteiger partial charge < -0.3 is 10.4 Å². The topological polar surface area (TPSA) is 32.3 Å². The first-order valence-corrected chi connectivity index (χ1v) is 6.84. The number of aliphatic hydroxyl groups excluding tert-OH is 1. The van der Waals surface area contributed by atoms with Crippen molar-refractivity contribution >= 4 is 50.5 Å². The van der Waals surface area contributed by atoms with Gasteiger partial charge in [-0.05, 0) is 15.9 Å². The molecule has 0 saturated heterocycles. The van der Waals surface area contributed by atoms with Crippen LogP contribution in [0, 0.1) is 0 Å². The van der Waals surface area contributed by atoms with E-state index in [0.29, 0.717) is 27.5 Å². The zero-order valence-corrected chi connectivity index (χ0v) is 12.3. The van der Waals surface area contributed by atoms with Crippen LogP contribution >= 0.6 is 50.5 Å². The predicted octanol–water partition coefficient (Wildman–Crippen LogP) is 3.85. The summed E-state index contributed by atoms with van der Waals surface area (Å²) in [6.07, 6.45) is -0.641. The van der Waals surface area contributed by atoms with Crippen molar-refractivity contribution in [1.82, 2.24) is 5.32 Å². The highest BCUT2D eigenvalue weighted by molar-refractivity contribution is 9.11. The van der Waals surface area contributed by atoms with E-state index in [-0.39, 0.29) is 0 Å². The summed E-state index contributed by atoms with van der Waals surface area (Å²) < 4.78 is 1.29. The van der Waals surface area contributed by atoms with Crippen LogP contribution in [0.4, 0.5) is 0 Å². The van der Waals surface area contributed by atoms with E-state index >= 15 is 0 Å². The molecular formula is C9H12BrCl2NOS. The molecule has 1 unspecified atom stereocenters. The molecule has 0 bridgehead atoms. The van der Waals surface area contributed by atoms with Gasteiger partial charge in [0.1, 0.15) is 4.34 Å². The third-order valence-corrected chi connectivity index (χ3v) is 4.57. The van der Waals surface area contributed by atoms with Crippen molar-refractivity contribution in [3.63, 3.8) is 0 Å². The van der Waals surface area contributed by atoms with Crippen molar-refractivity contribution in [2.24, 2.45) is 0 Å². The van der Waals surface area contributed by atoms with E-state index in [2.05, 4.69) is 21.2 Å². The summed E-state index contributed by atoms with van der Waals surface area (Å²) >= 11 is 16.5. The fraction of sp³-hybridized carbons (Fsp3) is 0.556. The van der Waals surface area contributed by atoms with Gasteiger partial charge in [-0.1, -0.05) is 37.0 Å². The molecule has 15 heavy (non-hydrogen) atoms. The fourth-order valence-electron chi connectivity index (χ4n) is 1.10. The van der Waals surface area contributed by atoms with Crippen LogP contribution in [0.5, 0.6) is 0 Å². The maximum atomic E-state index is 9.92. The molecule has 0 saturated carbocycles. The molecule has 0 aliphatic heterocycles. The summed E-state index contributed by atoms with van der Waals surface area (Å²) in [5, 5.41) is 13.5. The van der Waals surface area contributed by atoms with Crippen LogP contribution in [0.3, 0.4) is 0 Å². The molecule has 1 atom stereocenters. The van der Waals surface area contributed by atoms with E-state index in [1.54, 1.807) is 0 Å². The van der Waals surface area contributed by atoms with E-state index in [4.69, 9.17) is 23.2 Å². The SMILES string of the molecule is CC(C)NCC(O)c1c(Br)sc(Cl)c1Cl. The summed E-state index contributed by atoms with van der Waals surface area (Å²) in [7, 11) is 0. The van der Waals surface area contributed by atoms with Crippen molar-refractivity contribution in [1.29, 1.82) is 0 Å². The molecule has 0 aliphatic carbocycles. The Morgan fingerprint density at radius 3 is 2.47 bits per heavy atom. The molecule has 1 rings (SSSR count). The molecular weight excluding hydrogens is 321 g/mol. The number of thiophene rings is 1. The molecule has 0 radical (unpaired) electrons. The van der Waals surface area contributed by atoms with Gasteiger partial charge in [0.25, 0.3) is 0 Å². The lowest BCUT2D eigenvalue weighted by Gasteiger charge is -2.14. The molecule has 86 valence electrons. The van der Waals surface area contributed by atoms with Gasteiger partial charge in [0.05, 0.1) is 14.9 Å². The molecule has 0 fully saturated rings. The van der Waals surface area contributed by atoms with Gasteiger partial charge in [-0.25, -0.2) is 0 Å². The Kier molecular flexibility index (Phi) is 5.36. The van der Waals surface area contributed by atoms with Crippen LogP contribution in [0.25, 0.3) is 0 Å². The van der Waals surface area contributed by atoms with E-state index in [9.17, 15) is 5.11 Å². The van der Waals surface area contributed by atoms with Crippen LogP contribution in [-0.2, 0) is 0 Å². The van der Waals surface area contributed by atoms with Crippen LogP contribution in [0.1, 0.15) is 25.5 Å². The quantitative estimate of drug-likeness (QED) is 0.877. The average molecular weight is 333 g/mol. The maximum Gasteiger partial charge on any atom is 0.113 e. The molecule has 0 aromatic carbocycles. The Balaban J connectivity index is 2.77. The van der Waals surface area contributed by atoms with Crippen LogP contribution in [-0.4, -0.2) is 17.7 Å². The normalized spacial score (nSPS) is 13.5. The third-order valence-electron chi connectivity index (χ3n) is 1.85. The molecule has 1 aromatic rings. The van der Waals surface area contributed by atoms with E-state index in [1.807, 2.05) is 13.8 Å². The van der Waals surface area contributed by atoms with Crippen molar-refractivity contribution in [2.75, 3.05) is 6.54 Å². The lowest BCUT2D eigenvalue weighted by atomic mass is 10.2. The second-order valence-electron chi connectivity index (χ2n) is 3.46. The minimum atomic E-state index is -0.641. The standard InChI is InChI=1S/C9H12BrCl2NOS/c1-4(2)13-3-5(14)6-7(11)9(12)15-8(6)10/h4-5,13-14H,3H2,1-2H3. The molecule has 2 nitrogen and oxygen atoms in total. The second-order valence-corrected chi connectivity index (χ2v) is 6.77. The Morgan fingerprint density at radius 2 is 2.07 bits per heavy atom. The first-order chi connectivity index (χ1) is 6.93. The van der Waals surface area contributed by atoms with Crippen LogP contribution in [0.15, 0.2) is 3.79 Å². The van der Waals surface area contributed by atoms with Crippen molar-refractivity contribution in [3.05, 3.63) is 18.7 Å². The molecule has 0 spiro atoms. The lowest BCUT2D eigenvalue weighted by Crippen LogP contribution is -2.27. The van der Waals surface area contributed by atoms with Gasteiger partial charge in [-0.15, -0.1) is 11.3 Å². The van der Waals surface area contributed by atoms with E-state index in [1.165, 1.54) is 11.3 Å². The van der Waals surface area contributed by atoms with Gasteiger partial charge in [-0.3, -0.25) is 0 Å². The van der Waals surface area contributed by atoms with Crippen LogP contribution in [0.2, 0.25) is 9.36 Å². The van der Waals surface area contributed by atoms with Gasteiger partial charge in [0.15, 0.2) is 0 Å². The third kappa shape index (κ3) is 3.58. The molecule has 6 heteroatoms. The average Bonchev–Trinajstić information content (AvgIpc) is 2.37. The molecule has 0 aliphatic rings. The first kappa shape index (κ1) is 13.7. The monoisotopic (exact) mass is 331 g/mol. The van der Waals surface area contributed by atoms with Gasteiger partial charge in [0, 0.05) is 18.2 Å². The molecule has 1 aromatic heterocycles. The highest BCUT2D eigenvalue weighted by atomic mass is 79.9. The minimum absolute atomic E-state index is 0.325. The first-order valence-electron chi connectivity index (χ1n) is 4.48. The molecule has 1 heterocycles. The van der Waals surface area contributed by atoms with Crippen molar-refractivity contribution in [2.45, 2.75) is 26.0 Å². The lowest BCUT2D eigenvalue weighted by molar-refractivity contribution is 0.171. The minimum Gasteiger partial charge on any atom is -0.387 e. The van der Waals surface area contributed by atoms with Crippen molar-refractivity contribution < 1.29 is 5.11 Å². The van der Waals surface area contributed by atoms with Crippen LogP contribution < -0.4 is 5.32 Å². The van der Waals surface area contributed by atoms with E-state index < -0.39 is 6.10 Å². The molecule has 0 amide bonds. The van der Waals surface area contributed by atoms with Gasteiger partial charge in [0.2, 0.25) is 0 Å². The largest absolute Gasteiger partial charge is 0.387 e. The summed E-state index contributed by atoms with van der Waals surface area (Å²) in [6, 6.07) is 0.325. The predicted molar refractivity (Wildman–Crippen MR) is 70.1 cm³/mol. The number of hydrogen-bond acceptors (Lipinski definition) is 3. The number of hydrogen-bond donors (Lipinski definition) is 2. The van der Waals surface area contributed by atoms with E-state index in [0.717, 1.165) is 3.79 Å². The summed E-state index contributed by atoms with van der Waals surface area (Å²) in [4.78, 5) is 0. The summed E-state index contributed by atoms with van der Waals surface area (Å²) in [5.41, 5.74) is 0.666. The number of rotatable bonds is 4. The summed E-state index contributed by atoms with van der Waals surface area (Å²) in [6.45, 7) is 4.50. The Morgan fingerprint density at radius 1 is 1.47 bits per heavy atom. The zero-order chi connectivity index (χ0) is 11.6. The summed E-state index contributed by atoms with van der Waals surface area (Å²) in [5.74, 6) is 0. The molecule has 2 N–H and O–H groups in total. The maximum absolute atomic E-state index is 9.92. The van der Waals surface area contributed by atoms with Crippen molar-refractivity contribution in [3.8, 4) is 0 Å². The highest BCUT2D eigenvalue weighted by Crippen LogP contribution is 2.43. The second kappa shape index (κ2) is 5.84. The smallest absolute Gasteiger partial charge is 0.113 e. The Hall–Kier alpha value is 0.680. The number of nitrogens with one attached hydrogen (secondary N) is 1. The Labute approximate surface area is 112 Å².